The molecule has 6 heteroatoms. The molecule has 0 saturated heterocycles. The summed E-state index contributed by atoms with van der Waals surface area (Å²) in [7, 11) is 0. The third kappa shape index (κ3) is 2.33. The van der Waals surface area contributed by atoms with Crippen LogP contribution in [-0.2, 0) is 0 Å². The van der Waals surface area contributed by atoms with Crippen molar-refractivity contribution in [3.05, 3.63) is 47.7 Å². The van der Waals surface area contributed by atoms with Crippen LogP contribution in [0.15, 0.2) is 36.4 Å². The van der Waals surface area contributed by atoms with E-state index in [0.717, 1.165) is 16.6 Å². The number of benzene rings is 1. The molecule has 0 aliphatic rings. The number of hydrogen-bond acceptors (Lipinski definition) is 4. The Bertz CT molecular complexity index is 797. The van der Waals surface area contributed by atoms with Crippen molar-refractivity contribution in [2.24, 2.45) is 5.73 Å². The molecule has 2 heterocycles. The van der Waals surface area contributed by atoms with Crippen LogP contribution in [0.5, 0.6) is 11.8 Å². The maximum absolute atomic E-state index is 5.75. The Balaban J connectivity index is 2.11. The second-order valence-electron chi connectivity index (χ2n) is 4.39. The summed E-state index contributed by atoms with van der Waals surface area (Å²) < 4.78 is 5.68. The van der Waals surface area contributed by atoms with E-state index in [1.165, 1.54) is 0 Å². The molecule has 0 radical (unpaired) electrons. The minimum Gasteiger partial charge on any atom is -0.418 e. The zero-order valence-electron chi connectivity index (χ0n) is 10.8. The number of nitrogens with two attached hydrogens (primary N) is 1. The quantitative estimate of drug-likeness (QED) is 0.723. The first kappa shape index (κ1) is 12.6. The van der Waals surface area contributed by atoms with E-state index >= 15 is 0 Å². The van der Waals surface area contributed by atoms with Crippen LogP contribution in [0, 0.1) is 6.92 Å². The lowest BCUT2D eigenvalue weighted by molar-refractivity contribution is 0.444. The van der Waals surface area contributed by atoms with Gasteiger partial charge in [0.15, 0.2) is 0 Å². The number of thiocarbonyl (C=S) groups is 1. The molecule has 3 N–H and O–H groups in total. The second-order valence-corrected chi connectivity index (χ2v) is 4.83. The van der Waals surface area contributed by atoms with Gasteiger partial charge in [0.25, 0.3) is 0 Å². The van der Waals surface area contributed by atoms with Gasteiger partial charge in [0.2, 0.25) is 11.8 Å². The molecular formula is C14H12N4OS. The number of aromatic nitrogens is 3. The lowest BCUT2D eigenvalue weighted by Gasteiger charge is -2.08. The monoisotopic (exact) mass is 284 g/mol. The molecule has 0 bridgehead atoms. The topological polar surface area (TPSA) is 76.8 Å². The average Bonchev–Trinajstić information content (AvgIpc) is 2.83. The molecule has 0 amide bonds. The molecule has 0 fully saturated rings. The van der Waals surface area contributed by atoms with Gasteiger partial charge in [-0.3, -0.25) is 5.10 Å². The van der Waals surface area contributed by atoms with E-state index in [4.69, 9.17) is 22.7 Å². The standard InChI is InChI=1S/C14H12N4OS/c1-8-6-12(18-17-8)19-14-10(13(15)20)7-9-4-2-3-5-11(9)16-14/h2-7H,1H3,(H2,15,20)(H,17,18). The molecule has 0 unspecified atom stereocenters. The van der Waals surface area contributed by atoms with Crippen LogP contribution in [0.2, 0.25) is 0 Å². The molecule has 0 atom stereocenters. The van der Waals surface area contributed by atoms with Crippen molar-refractivity contribution < 1.29 is 4.74 Å². The molecular weight excluding hydrogens is 272 g/mol. The maximum Gasteiger partial charge on any atom is 0.240 e. The fourth-order valence-electron chi connectivity index (χ4n) is 1.90. The van der Waals surface area contributed by atoms with Crippen molar-refractivity contribution >= 4 is 28.1 Å². The predicted molar refractivity (Wildman–Crippen MR) is 81.0 cm³/mol. The summed E-state index contributed by atoms with van der Waals surface area (Å²) in [5.74, 6) is 0.797. The number of pyridine rings is 1. The van der Waals surface area contributed by atoms with Gasteiger partial charge in [-0.2, -0.15) is 0 Å². The van der Waals surface area contributed by atoms with Crippen molar-refractivity contribution in [1.82, 2.24) is 15.2 Å². The summed E-state index contributed by atoms with van der Waals surface area (Å²) in [5, 5.41) is 7.79. The highest BCUT2D eigenvalue weighted by Gasteiger charge is 2.12. The number of ether oxygens (including phenoxy) is 1. The highest BCUT2D eigenvalue weighted by atomic mass is 32.1. The third-order valence-corrected chi connectivity index (χ3v) is 3.06. The number of fused-ring (bicyclic) bond motifs is 1. The largest absolute Gasteiger partial charge is 0.418 e. The van der Waals surface area contributed by atoms with Crippen LogP contribution < -0.4 is 10.5 Å². The van der Waals surface area contributed by atoms with E-state index in [1.54, 1.807) is 6.07 Å². The number of para-hydroxylation sites is 1. The molecule has 100 valence electrons. The normalized spacial score (nSPS) is 10.7. The molecule has 2 aromatic heterocycles. The van der Waals surface area contributed by atoms with Crippen LogP contribution in [0.3, 0.4) is 0 Å². The van der Waals surface area contributed by atoms with E-state index in [2.05, 4.69) is 15.2 Å². The fourth-order valence-corrected chi connectivity index (χ4v) is 2.04. The van der Waals surface area contributed by atoms with Gasteiger partial charge in [-0.05, 0) is 19.1 Å². The van der Waals surface area contributed by atoms with E-state index in [9.17, 15) is 0 Å². The number of hydrogen-bond donors (Lipinski definition) is 2. The van der Waals surface area contributed by atoms with Crippen LogP contribution >= 0.6 is 12.2 Å². The molecule has 20 heavy (non-hydrogen) atoms. The molecule has 0 aliphatic heterocycles. The van der Waals surface area contributed by atoms with Crippen molar-refractivity contribution in [1.29, 1.82) is 0 Å². The SMILES string of the molecule is Cc1cc(Oc2nc3ccccc3cc2C(N)=S)n[nH]1. The van der Waals surface area contributed by atoms with E-state index < -0.39 is 0 Å². The summed E-state index contributed by atoms with van der Waals surface area (Å²) >= 11 is 5.06. The van der Waals surface area contributed by atoms with Gasteiger partial charge in [0, 0.05) is 17.1 Å². The lowest BCUT2D eigenvalue weighted by atomic mass is 10.1. The molecule has 3 aromatic rings. The Morgan fingerprint density at radius 2 is 2.10 bits per heavy atom. The number of aryl methyl sites for hydroxylation is 1. The van der Waals surface area contributed by atoms with Gasteiger partial charge in [0.1, 0.15) is 4.99 Å². The van der Waals surface area contributed by atoms with E-state index in [-0.39, 0.29) is 4.99 Å². The summed E-state index contributed by atoms with van der Waals surface area (Å²) in [6.07, 6.45) is 0. The summed E-state index contributed by atoms with van der Waals surface area (Å²) in [6, 6.07) is 11.4. The Morgan fingerprint density at radius 1 is 1.30 bits per heavy atom. The maximum atomic E-state index is 5.75. The summed E-state index contributed by atoms with van der Waals surface area (Å²) in [4.78, 5) is 4.70. The zero-order chi connectivity index (χ0) is 14.1. The molecule has 1 aromatic carbocycles. The van der Waals surface area contributed by atoms with Crippen LogP contribution in [0.25, 0.3) is 10.9 Å². The number of rotatable bonds is 3. The van der Waals surface area contributed by atoms with Crippen LogP contribution in [-0.4, -0.2) is 20.2 Å². The first-order chi connectivity index (χ1) is 9.63. The van der Waals surface area contributed by atoms with Gasteiger partial charge in [0.05, 0.1) is 11.1 Å². The molecule has 3 rings (SSSR count). The van der Waals surface area contributed by atoms with Crippen molar-refractivity contribution in [2.75, 3.05) is 0 Å². The Labute approximate surface area is 120 Å². The first-order valence-corrected chi connectivity index (χ1v) is 6.44. The van der Waals surface area contributed by atoms with Gasteiger partial charge in [-0.15, -0.1) is 5.10 Å². The average molecular weight is 284 g/mol. The smallest absolute Gasteiger partial charge is 0.240 e. The minimum atomic E-state index is 0.241. The number of nitrogens with zero attached hydrogens (tertiary/aromatic N) is 2. The number of H-pyrrole nitrogens is 1. The molecule has 0 saturated carbocycles. The Kier molecular flexibility index (Phi) is 3.08. The third-order valence-electron chi connectivity index (χ3n) is 2.84. The summed E-state index contributed by atoms with van der Waals surface area (Å²) in [5.41, 5.74) is 8.06. The van der Waals surface area contributed by atoms with Crippen molar-refractivity contribution in [3.8, 4) is 11.8 Å². The first-order valence-electron chi connectivity index (χ1n) is 6.03. The Morgan fingerprint density at radius 3 is 2.80 bits per heavy atom. The minimum absolute atomic E-state index is 0.241. The highest BCUT2D eigenvalue weighted by Crippen LogP contribution is 2.26. The lowest BCUT2D eigenvalue weighted by Crippen LogP contribution is -2.11. The Hall–Kier alpha value is -2.47. The van der Waals surface area contributed by atoms with Gasteiger partial charge >= 0.3 is 0 Å². The van der Waals surface area contributed by atoms with Gasteiger partial charge in [-0.25, -0.2) is 4.98 Å². The van der Waals surface area contributed by atoms with Crippen LogP contribution in [0.1, 0.15) is 11.3 Å². The molecule has 0 spiro atoms. The predicted octanol–water partition coefficient (Wildman–Crippen LogP) is 2.69. The summed E-state index contributed by atoms with van der Waals surface area (Å²) in [6.45, 7) is 1.89. The van der Waals surface area contributed by atoms with Gasteiger partial charge in [-0.1, -0.05) is 30.4 Å². The van der Waals surface area contributed by atoms with E-state index in [1.807, 2.05) is 37.3 Å². The van der Waals surface area contributed by atoms with Crippen LogP contribution in [0.4, 0.5) is 0 Å². The molecule has 0 aliphatic carbocycles. The van der Waals surface area contributed by atoms with Gasteiger partial charge < -0.3 is 10.5 Å². The number of aromatic amines is 1. The van der Waals surface area contributed by atoms with Crippen molar-refractivity contribution in [2.45, 2.75) is 6.92 Å². The van der Waals surface area contributed by atoms with E-state index in [0.29, 0.717) is 17.3 Å². The fraction of sp³-hybridized carbons (Fsp3) is 0.0714. The second kappa shape index (κ2) is 4.90. The van der Waals surface area contributed by atoms with Crippen molar-refractivity contribution in [3.63, 3.8) is 0 Å². The number of nitrogens with one attached hydrogen (secondary N) is 1. The highest BCUT2D eigenvalue weighted by molar-refractivity contribution is 7.80. The zero-order valence-corrected chi connectivity index (χ0v) is 11.6. The molecule has 5 nitrogen and oxygen atoms in total.